The van der Waals surface area contributed by atoms with Crippen molar-refractivity contribution in [1.82, 2.24) is 4.90 Å². The lowest BCUT2D eigenvalue weighted by Crippen LogP contribution is -2.49. The van der Waals surface area contributed by atoms with Gasteiger partial charge in [0, 0.05) is 39.5 Å². The number of carbonyl (C=O) groups excluding carboxylic acids is 1. The Kier molecular flexibility index (Phi) is 7.60. The van der Waals surface area contributed by atoms with Crippen LogP contribution in [0.3, 0.4) is 0 Å². The predicted octanol–water partition coefficient (Wildman–Crippen LogP) is 1.27. The van der Waals surface area contributed by atoms with Gasteiger partial charge in [-0.15, -0.1) is 12.3 Å². The van der Waals surface area contributed by atoms with Crippen molar-refractivity contribution < 1.29 is 19.0 Å². The first-order valence-electron chi connectivity index (χ1n) is 6.98. The highest BCUT2D eigenvalue weighted by Gasteiger charge is 2.36. The molecule has 0 saturated carbocycles. The molecule has 1 rings (SSSR count). The van der Waals surface area contributed by atoms with Crippen molar-refractivity contribution in [2.45, 2.75) is 38.4 Å². The van der Waals surface area contributed by atoms with Gasteiger partial charge in [0.2, 0.25) is 0 Å². The average Bonchev–Trinajstić information content (AvgIpc) is 2.41. The first-order valence-corrected chi connectivity index (χ1v) is 6.98. The van der Waals surface area contributed by atoms with Crippen LogP contribution in [0.25, 0.3) is 0 Å². The van der Waals surface area contributed by atoms with Crippen LogP contribution in [-0.4, -0.2) is 57.1 Å². The van der Waals surface area contributed by atoms with E-state index >= 15 is 0 Å². The zero-order valence-corrected chi connectivity index (χ0v) is 12.6. The first-order chi connectivity index (χ1) is 9.58. The smallest absolute Gasteiger partial charge is 0.302 e. The number of carbonyl (C=O) groups is 1. The molecular formula is C15H25NO4. The van der Waals surface area contributed by atoms with Crippen LogP contribution in [0.5, 0.6) is 0 Å². The molecule has 0 radical (unpaired) electrons. The van der Waals surface area contributed by atoms with Crippen LogP contribution in [0.15, 0.2) is 0 Å². The van der Waals surface area contributed by atoms with Crippen LogP contribution >= 0.6 is 0 Å². The van der Waals surface area contributed by atoms with E-state index in [4.69, 9.17) is 20.6 Å². The summed E-state index contributed by atoms with van der Waals surface area (Å²) in [5.74, 6) is 2.52. The molecule has 5 nitrogen and oxygen atoms in total. The second-order valence-electron chi connectivity index (χ2n) is 5.22. The third-order valence-electron chi connectivity index (χ3n) is 3.56. The molecular weight excluding hydrogens is 260 g/mol. The molecule has 1 aliphatic rings. The molecule has 20 heavy (non-hydrogen) atoms. The van der Waals surface area contributed by atoms with E-state index in [-0.39, 0.29) is 30.9 Å². The van der Waals surface area contributed by atoms with Gasteiger partial charge in [-0.3, -0.25) is 4.79 Å². The molecule has 0 aromatic heterocycles. The maximum absolute atomic E-state index is 11.3. The van der Waals surface area contributed by atoms with E-state index < -0.39 is 0 Å². The van der Waals surface area contributed by atoms with Crippen LogP contribution in [0.4, 0.5) is 0 Å². The summed E-state index contributed by atoms with van der Waals surface area (Å²) in [7, 11) is 3.65. The summed E-state index contributed by atoms with van der Waals surface area (Å²) in [6, 6.07) is 0. The SMILES string of the molecule is C#CCCC(OCOC)C1CN([14CH3])CCC1OC(C)=O. The van der Waals surface area contributed by atoms with E-state index in [9.17, 15) is 4.79 Å². The Morgan fingerprint density at radius 3 is 2.95 bits per heavy atom. The second-order valence-corrected chi connectivity index (χ2v) is 5.22. The van der Waals surface area contributed by atoms with Crippen LogP contribution in [0, 0.1) is 18.3 Å². The Hall–Kier alpha value is -1.09. The van der Waals surface area contributed by atoms with Gasteiger partial charge in [0.15, 0.2) is 0 Å². The van der Waals surface area contributed by atoms with Crippen LogP contribution in [0.1, 0.15) is 26.2 Å². The van der Waals surface area contributed by atoms with Crippen molar-refractivity contribution in [3.8, 4) is 12.3 Å². The lowest BCUT2D eigenvalue weighted by Gasteiger charge is -2.39. The third-order valence-corrected chi connectivity index (χ3v) is 3.56. The summed E-state index contributed by atoms with van der Waals surface area (Å²) < 4.78 is 16.2. The fraction of sp³-hybridized carbons (Fsp3) is 0.800. The molecule has 0 bridgehead atoms. The van der Waals surface area contributed by atoms with E-state index in [0.29, 0.717) is 6.42 Å². The largest absolute Gasteiger partial charge is 0.462 e. The highest BCUT2D eigenvalue weighted by atomic mass is 16.7. The molecule has 1 aliphatic heterocycles. The number of terminal acetylenes is 1. The molecule has 0 aromatic rings. The quantitative estimate of drug-likeness (QED) is 0.400. The van der Waals surface area contributed by atoms with Crippen molar-refractivity contribution in [3.63, 3.8) is 0 Å². The van der Waals surface area contributed by atoms with Gasteiger partial charge in [0.25, 0.3) is 0 Å². The normalized spacial score (nSPS) is 24.9. The van der Waals surface area contributed by atoms with Gasteiger partial charge < -0.3 is 19.1 Å². The van der Waals surface area contributed by atoms with E-state index in [2.05, 4.69) is 17.9 Å². The maximum atomic E-state index is 11.3. The Labute approximate surface area is 121 Å². The number of hydrogen-bond donors (Lipinski definition) is 0. The van der Waals surface area contributed by atoms with Gasteiger partial charge in [0.05, 0.1) is 6.10 Å². The summed E-state index contributed by atoms with van der Waals surface area (Å²) in [5, 5.41) is 0. The van der Waals surface area contributed by atoms with E-state index in [1.165, 1.54) is 6.92 Å². The first kappa shape index (κ1) is 17.0. The van der Waals surface area contributed by atoms with E-state index in [0.717, 1.165) is 25.9 Å². The van der Waals surface area contributed by atoms with Gasteiger partial charge >= 0.3 is 5.97 Å². The van der Waals surface area contributed by atoms with Crippen molar-refractivity contribution in [1.29, 1.82) is 0 Å². The van der Waals surface area contributed by atoms with E-state index in [1.54, 1.807) is 7.11 Å². The standard InChI is InChI=1S/C15H25NO4/c1-5-6-7-14(19-11-18-4)13-10-16(3)9-8-15(13)20-12(2)17/h1,13-15H,6-11H2,2-4H3/i3+2. The summed E-state index contributed by atoms with van der Waals surface area (Å²) in [6.07, 6.45) is 7.39. The highest BCUT2D eigenvalue weighted by molar-refractivity contribution is 5.66. The number of likely N-dealkylation sites (tertiary alicyclic amines) is 1. The van der Waals surface area contributed by atoms with Crippen LogP contribution < -0.4 is 0 Å². The van der Waals surface area contributed by atoms with Gasteiger partial charge in [-0.25, -0.2) is 0 Å². The zero-order chi connectivity index (χ0) is 15.0. The zero-order valence-electron chi connectivity index (χ0n) is 12.6. The molecule has 114 valence electrons. The molecule has 1 fully saturated rings. The van der Waals surface area contributed by atoms with Crippen molar-refractivity contribution >= 4 is 5.97 Å². The summed E-state index contributed by atoms with van der Waals surface area (Å²) in [6.45, 7) is 3.42. The lowest BCUT2D eigenvalue weighted by atomic mass is 9.88. The summed E-state index contributed by atoms with van der Waals surface area (Å²) >= 11 is 0. The van der Waals surface area contributed by atoms with Gasteiger partial charge in [-0.2, -0.15) is 0 Å². The number of piperidine rings is 1. The molecule has 0 spiro atoms. The molecule has 1 heterocycles. The topological polar surface area (TPSA) is 48.0 Å². The van der Waals surface area contributed by atoms with Gasteiger partial charge in [-0.05, 0) is 19.9 Å². The molecule has 0 aliphatic carbocycles. The molecule has 5 heteroatoms. The minimum Gasteiger partial charge on any atom is -0.462 e. The fourth-order valence-corrected chi connectivity index (χ4v) is 2.65. The average molecular weight is 285 g/mol. The number of rotatable bonds is 7. The molecule has 1 saturated heterocycles. The lowest BCUT2D eigenvalue weighted by molar-refractivity contribution is -0.163. The minimum atomic E-state index is -0.244. The van der Waals surface area contributed by atoms with E-state index in [1.807, 2.05) is 0 Å². The van der Waals surface area contributed by atoms with Crippen LogP contribution in [-0.2, 0) is 19.0 Å². The molecule has 3 unspecified atom stereocenters. The fourth-order valence-electron chi connectivity index (χ4n) is 2.65. The minimum absolute atomic E-state index is 0.0573. The Bertz CT molecular complexity index is 339. The Morgan fingerprint density at radius 2 is 2.35 bits per heavy atom. The van der Waals surface area contributed by atoms with Gasteiger partial charge in [-0.1, -0.05) is 0 Å². The molecule has 0 aromatic carbocycles. The number of esters is 1. The highest BCUT2D eigenvalue weighted by Crippen LogP contribution is 2.27. The monoisotopic (exact) mass is 285 g/mol. The number of nitrogens with zero attached hydrogens (tertiary/aromatic N) is 1. The third kappa shape index (κ3) is 5.49. The number of hydrogen-bond acceptors (Lipinski definition) is 5. The number of methoxy groups -OCH3 is 1. The van der Waals surface area contributed by atoms with Crippen LogP contribution in [0.2, 0.25) is 0 Å². The van der Waals surface area contributed by atoms with Crippen molar-refractivity contribution in [3.05, 3.63) is 0 Å². The Balaban J connectivity index is 2.73. The Morgan fingerprint density at radius 1 is 1.60 bits per heavy atom. The molecule has 0 N–H and O–H groups in total. The van der Waals surface area contributed by atoms with Crippen molar-refractivity contribution in [2.24, 2.45) is 5.92 Å². The van der Waals surface area contributed by atoms with Crippen molar-refractivity contribution in [2.75, 3.05) is 34.0 Å². The maximum Gasteiger partial charge on any atom is 0.302 e. The summed E-state index contributed by atoms with van der Waals surface area (Å²) in [4.78, 5) is 13.5. The second kappa shape index (κ2) is 8.96. The predicted molar refractivity (Wildman–Crippen MR) is 76.0 cm³/mol. The number of ether oxygens (including phenoxy) is 3. The summed E-state index contributed by atoms with van der Waals surface area (Å²) in [5.41, 5.74) is 0. The molecule has 0 amide bonds. The molecule has 3 atom stereocenters. The van der Waals surface area contributed by atoms with Gasteiger partial charge in [0.1, 0.15) is 12.9 Å².